The van der Waals surface area contributed by atoms with Crippen LogP contribution in [0.2, 0.25) is 0 Å². The summed E-state index contributed by atoms with van der Waals surface area (Å²) in [4.78, 5) is 11.1. The number of nitrogens with two attached hydrogens (primary N) is 1. The molecule has 1 aliphatic rings. The second-order valence-corrected chi connectivity index (χ2v) is 4.25. The summed E-state index contributed by atoms with van der Waals surface area (Å²) in [5.74, 6) is -0.739. The first-order chi connectivity index (χ1) is 7.42. The zero-order chi connectivity index (χ0) is 12.2. The molecular weight excluding hydrogens is 221 g/mol. The molecule has 3 nitrogen and oxygen atoms in total. The first-order valence-electron chi connectivity index (χ1n) is 5.48. The molecule has 1 saturated carbocycles. The third-order valence-corrected chi connectivity index (χ3v) is 2.93. The van der Waals surface area contributed by atoms with Gasteiger partial charge >= 0.3 is 6.18 Å². The zero-order valence-electron chi connectivity index (χ0n) is 9.02. The molecule has 0 radical (unpaired) electrons. The average Bonchev–Trinajstić information content (AvgIpc) is 2.63. The summed E-state index contributed by atoms with van der Waals surface area (Å²) in [6.07, 6.45) is -1.86. The number of hydrogen-bond donors (Lipinski definition) is 2. The van der Waals surface area contributed by atoms with Gasteiger partial charge in [-0.3, -0.25) is 4.79 Å². The SMILES string of the molecule is NCC(NC(=O)CC(F)(F)F)C1CCCC1. The van der Waals surface area contributed by atoms with Crippen molar-refractivity contribution >= 4 is 5.91 Å². The van der Waals surface area contributed by atoms with Crippen LogP contribution in [0.4, 0.5) is 13.2 Å². The summed E-state index contributed by atoms with van der Waals surface area (Å²) in [5, 5.41) is 2.38. The molecule has 6 heteroatoms. The first kappa shape index (κ1) is 13.3. The first-order valence-corrected chi connectivity index (χ1v) is 5.48. The molecule has 0 aliphatic heterocycles. The van der Waals surface area contributed by atoms with Crippen LogP contribution < -0.4 is 11.1 Å². The second kappa shape index (κ2) is 5.52. The summed E-state index contributed by atoms with van der Waals surface area (Å²) in [5.41, 5.74) is 5.47. The molecular formula is C10H17F3N2O. The highest BCUT2D eigenvalue weighted by molar-refractivity contribution is 5.76. The van der Waals surface area contributed by atoms with Crippen LogP contribution in [0, 0.1) is 5.92 Å². The number of nitrogens with one attached hydrogen (secondary N) is 1. The molecule has 1 unspecified atom stereocenters. The van der Waals surface area contributed by atoms with Crippen LogP contribution in [0.5, 0.6) is 0 Å². The quantitative estimate of drug-likeness (QED) is 0.781. The van der Waals surface area contributed by atoms with Crippen molar-refractivity contribution < 1.29 is 18.0 Å². The van der Waals surface area contributed by atoms with Crippen molar-refractivity contribution in [3.8, 4) is 0 Å². The molecule has 0 aromatic carbocycles. The Bertz CT molecular complexity index is 237. The van der Waals surface area contributed by atoms with Gasteiger partial charge in [-0.15, -0.1) is 0 Å². The van der Waals surface area contributed by atoms with Crippen LogP contribution in [0.3, 0.4) is 0 Å². The Morgan fingerprint density at radius 2 is 1.94 bits per heavy atom. The van der Waals surface area contributed by atoms with E-state index in [9.17, 15) is 18.0 Å². The number of alkyl halides is 3. The summed E-state index contributed by atoms with van der Waals surface area (Å²) >= 11 is 0. The van der Waals surface area contributed by atoms with E-state index < -0.39 is 18.5 Å². The van der Waals surface area contributed by atoms with Gasteiger partial charge in [0.05, 0.1) is 0 Å². The van der Waals surface area contributed by atoms with Gasteiger partial charge in [0.2, 0.25) is 5.91 Å². The lowest BCUT2D eigenvalue weighted by molar-refractivity contribution is -0.154. The molecule has 1 fully saturated rings. The highest BCUT2D eigenvalue weighted by Crippen LogP contribution is 2.27. The normalized spacial score (nSPS) is 19.8. The van der Waals surface area contributed by atoms with Crippen molar-refractivity contribution in [3.63, 3.8) is 0 Å². The smallest absolute Gasteiger partial charge is 0.352 e. The van der Waals surface area contributed by atoms with Crippen LogP contribution in [0.15, 0.2) is 0 Å². The molecule has 1 amide bonds. The lowest BCUT2D eigenvalue weighted by Crippen LogP contribution is -2.45. The third kappa shape index (κ3) is 4.38. The van der Waals surface area contributed by atoms with Crippen molar-refractivity contribution in [2.24, 2.45) is 11.7 Å². The van der Waals surface area contributed by atoms with Gasteiger partial charge in [-0.2, -0.15) is 13.2 Å². The van der Waals surface area contributed by atoms with Crippen LogP contribution in [0.1, 0.15) is 32.1 Å². The number of hydrogen-bond acceptors (Lipinski definition) is 2. The molecule has 0 heterocycles. The maximum atomic E-state index is 11.9. The minimum atomic E-state index is -4.45. The molecule has 1 atom stereocenters. The Kier molecular flexibility index (Phi) is 4.58. The number of rotatable bonds is 4. The summed E-state index contributed by atoms with van der Waals surface area (Å²) < 4.78 is 35.8. The Balaban J connectivity index is 2.40. The summed E-state index contributed by atoms with van der Waals surface area (Å²) in [6, 6.07) is -0.308. The van der Waals surface area contributed by atoms with Crippen LogP contribution in [-0.2, 0) is 4.79 Å². The third-order valence-electron chi connectivity index (χ3n) is 2.93. The maximum absolute atomic E-state index is 11.9. The fourth-order valence-corrected chi connectivity index (χ4v) is 2.17. The van der Waals surface area contributed by atoms with Crippen molar-refractivity contribution in [2.75, 3.05) is 6.54 Å². The highest BCUT2D eigenvalue weighted by Gasteiger charge is 2.33. The van der Waals surface area contributed by atoms with Crippen molar-refractivity contribution in [3.05, 3.63) is 0 Å². The number of carbonyl (C=O) groups excluding carboxylic acids is 1. The van der Waals surface area contributed by atoms with E-state index in [1.807, 2.05) is 0 Å². The van der Waals surface area contributed by atoms with Gasteiger partial charge in [-0.1, -0.05) is 12.8 Å². The minimum Gasteiger partial charge on any atom is -0.352 e. The minimum absolute atomic E-state index is 0.203. The molecule has 94 valence electrons. The largest absolute Gasteiger partial charge is 0.397 e. The van der Waals surface area contributed by atoms with E-state index in [1.165, 1.54) is 0 Å². The van der Waals surface area contributed by atoms with Gasteiger partial charge < -0.3 is 11.1 Å². The Hall–Kier alpha value is -0.780. The van der Waals surface area contributed by atoms with E-state index in [0.717, 1.165) is 25.7 Å². The Morgan fingerprint density at radius 3 is 2.38 bits per heavy atom. The topological polar surface area (TPSA) is 55.1 Å². The molecule has 0 aromatic rings. The van der Waals surface area contributed by atoms with Crippen molar-refractivity contribution in [1.29, 1.82) is 0 Å². The van der Waals surface area contributed by atoms with E-state index in [1.54, 1.807) is 0 Å². The van der Waals surface area contributed by atoms with E-state index in [0.29, 0.717) is 0 Å². The van der Waals surface area contributed by atoms with Gasteiger partial charge in [0, 0.05) is 12.6 Å². The number of amides is 1. The monoisotopic (exact) mass is 238 g/mol. The molecule has 0 aromatic heterocycles. The Labute approximate surface area is 92.6 Å². The fourth-order valence-electron chi connectivity index (χ4n) is 2.17. The molecule has 3 N–H and O–H groups in total. The molecule has 1 aliphatic carbocycles. The van der Waals surface area contributed by atoms with Gasteiger partial charge in [0.1, 0.15) is 6.42 Å². The maximum Gasteiger partial charge on any atom is 0.397 e. The van der Waals surface area contributed by atoms with Gasteiger partial charge in [0.15, 0.2) is 0 Å². The van der Waals surface area contributed by atoms with E-state index in [-0.39, 0.29) is 18.5 Å². The molecule has 1 rings (SSSR count). The van der Waals surface area contributed by atoms with Crippen molar-refractivity contribution in [1.82, 2.24) is 5.32 Å². The fraction of sp³-hybridized carbons (Fsp3) is 0.900. The molecule has 0 saturated heterocycles. The highest BCUT2D eigenvalue weighted by atomic mass is 19.4. The van der Waals surface area contributed by atoms with Gasteiger partial charge in [-0.05, 0) is 18.8 Å². The zero-order valence-corrected chi connectivity index (χ0v) is 9.02. The van der Waals surface area contributed by atoms with Crippen LogP contribution in [-0.4, -0.2) is 24.7 Å². The number of halogens is 3. The van der Waals surface area contributed by atoms with E-state index in [4.69, 9.17) is 5.73 Å². The standard InChI is InChI=1S/C10H17F3N2O/c11-10(12,13)5-9(16)15-8(6-14)7-3-1-2-4-7/h7-8H,1-6,14H2,(H,15,16). The molecule has 16 heavy (non-hydrogen) atoms. The second-order valence-electron chi connectivity index (χ2n) is 4.25. The molecule has 0 bridgehead atoms. The number of carbonyl (C=O) groups is 1. The van der Waals surface area contributed by atoms with E-state index >= 15 is 0 Å². The average molecular weight is 238 g/mol. The lowest BCUT2D eigenvalue weighted by Gasteiger charge is -2.23. The summed E-state index contributed by atoms with van der Waals surface area (Å²) in [7, 11) is 0. The van der Waals surface area contributed by atoms with E-state index in [2.05, 4.69) is 5.32 Å². The predicted molar refractivity (Wildman–Crippen MR) is 53.6 cm³/mol. The predicted octanol–water partition coefficient (Wildman–Crippen LogP) is 1.57. The van der Waals surface area contributed by atoms with Gasteiger partial charge in [0.25, 0.3) is 0 Å². The van der Waals surface area contributed by atoms with Crippen LogP contribution >= 0.6 is 0 Å². The Morgan fingerprint density at radius 1 is 1.38 bits per heavy atom. The summed E-state index contributed by atoms with van der Waals surface area (Å²) in [6.45, 7) is 0.203. The van der Waals surface area contributed by atoms with Gasteiger partial charge in [-0.25, -0.2) is 0 Å². The van der Waals surface area contributed by atoms with Crippen molar-refractivity contribution in [2.45, 2.75) is 44.3 Å². The lowest BCUT2D eigenvalue weighted by atomic mass is 9.98. The van der Waals surface area contributed by atoms with Crippen LogP contribution in [0.25, 0.3) is 0 Å². The molecule has 0 spiro atoms.